The van der Waals surface area contributed by atoms with Gasteiger partial charge in [0.2, 0.25) is 5.91 Å². The lowest BCUT2D eigenvalue weighted by Crippen LogP contribution is -2.36. The quantitative estimate of drug-likeness (QED) is 0.717. The van der Waals surface area contributed by atoms with E-state index in [0.29, 0.717) is 6.54 Å². The SMILES string of the molecule is CC(C(=O)NCCCCN)C(C)(C)C.Cl. The molecule has 0 aromatic carbocycles. The minimum absolute atomic E-state index is 0. The van der Waals surface area contributed by atoms with Gasteiger partial charge >= 0.3 is 0 Å². The van der Waals surface area contributed by atoms with Crippen LogP contribution in [0.2, 0.25) is 0 Å². The van der Waals surface area contributed by atoms with Crippen LogP contribution in [0.25, 0.3) is 0 Å². The molecule has 3 nitrogen and oxygen atoms in total. The van der Waals surface area contributed by atoms with E-state index in [2.05, 4.69) is 26.1 Å². The van der Waals surface area contributed by atoms with Crippen molar-refractivity contribution in [3.05, 3.63) is 0 Å². The third kappa shape index (κ3) is 7.63. The lowest BCUT2D eigenvalue weighted by atomic mass is 9.81. The van der Waals surface area contributed by atoms with Gasteiger partial charge in [0.1, 0.15) is 0 Å². The van der Waals surface area contributed by atoms with Crippen molar-refractivity contribution < 1.29 is 4.79 Å². The Morgan fingerprint density at radius 3 is 2.27 bits per heavy atom. The van der Waals surface area contributed by atoms with Gasteiger partial charge in [-0.2, -0.15) is 0 Å². The first-order valence-electron chi connectivity index (χ1n) is 5.37. The number of carbonyl (C=O) groups excluding carboxylic acids is 1. The third-order valence-corrected chi connectivity index (χ3v) is 2.62. The van der Waals surface area contributed by atoms with Crippen LogP contribution in [-0.4, -0.2) is 19.0 Å². The average molecular weight is 237 g/mol. The highest BCUT2D eigenvalue weighted by Crippen LogP contribution is 2.25. The maximum Gasteiger partial charge on any atom is 0.223 e. The number of carbonyl (C=O) groups is 1. The van der Waals surface area contributed by atoms with Crippen LogP contribution in [0.4, 0.5) is 0 Å². The number of unbranched alkanes of at least 4 members (excludes halogenated alkanes) is 1. The smallest absolute Gasteiger partial charge is 0.223 e. The van der Waals surface area contributed by atoms with Crippen LogP contribution in [0.3, 0.4) is 0 Å². The molecule has 0 rings (SSSR count). The van der Waals surface area contributed by atoms with E-state index in [1.165, 1.54) is 0 Å². The molecule has 0 aliphatic heterocycles. The zero-order valence-electron chi connectivity index (χ0n) is 10.3. The minimum Gasteiger partial charge on any atom is -0.356 e. The first-order chi connectivity index (χ1) is 6.39. The number of hydrogen-bond donors (Lipinski definition) is 2. The molecule has 0 aromatic rings. The summed E-state index contributed by atoms with van der Waals surface area (Å²) in [5, 5.41) is 2.93. The monoisotopic (exact) mass is 236 g/mol. The normalized spacial score (nSPS) is 12.9. The predicted octanol–water partition coefficient (Wildman–Crippen LogP) is 1.95. The van der Waals surface area contributed by atoms with E-state index < -0.39 is 0 Å². The summed E-state index contributed by atoms with van der Waals surface area (Å²) in [5.74, 6) is 0.204. The fraction of sp³-hybridized carbons (Fsp3) is 0.909. The van der Waals surface area contributed by atoms with Crippen LogP contribution < -0.4 is 11.1 Å². The Morgan fingerprint density at radius 2 is 1.87 bits per heavy atom. The molecule has 0 aromatic heterocycles. The second-order valence-electron chi connectivity index (χ2n) is 4.87. The molecule has 0 aliphatic carbocycles. The zero-order valence-corrected chi connectivity index (χ0v) is 11.1. The Morgan fingerprint density at radius 1 is 1.33 bits per heavy atom. The molecule has 0 bridgehead atoms. The Bertz CT molecular complexity index is 178. The highest BCUT2D eigenvalue weighted by molar-refractivity contribution is 5.85. The van der Waals surface area contributed by atoms with Crippen LogP contribution >= 0.6 is 12.4 Å². The van der Waals surface area contributed by atoms with E-state index in [4.69, 9.17) is 5.73 Å². The second kappa shape index (κ2) is 7.94. The number of hydrogen-bond acceptors (Lipinski definition) is 2. The van der Waals surface area contributed by atoms with Crippen LogP contribution in [0, 0.1) is 11.3 Å². The molecule has 0 saturated carbocycles. The molecule has 0 radical (unpaired) electrons. The molecule has 0 heterocycles. The van der Waals surface area contributed by atoms with Gasteiger partial charge in [0.05, 0.1) is 0 Å². The molecule has 0 aliphatic rings. The number of nitrogens with one attached hydrogen (secondary N) is 1. The molecule has 1 amide bonds. The maximum absolute atomic E-state index is 11.6. The number of halogens is 1. The van der Waals surface area contributed by atoms with Crippen molar-refractivity contribution in [3.63, 3.8) is 0 Å². The second-order valence-corrected chi connectivity index (χ2v) is 4.87. The highest BCUT2D eigenvalue weighted by Gasteiger charge is 2.26. The Kier molecular flexibility index (Phi) is 9.07. The standard InChI is InChI=1S/C11H24N2O.ClH/c1-9(11(2,3)4)10(14)13-8-6-5-7-12;/h9H,5-8,12H2,1-4H3,(H,13,14);1H. The van der Waals surface area contributed by atoms with Gasteiger partial charge in [-0.05, 0) is 24.8 Å². The lowest BCUT2D eigenvalue weighted by Gasteiger charge is -2.26. The lowest BCUT2D eigenvalue weighted by molar-refractivity contribution is -0.127. The highest BCUT2D eigenvalue weighted by atomic mass is 35.5. The average Bonchev–Trinajstić information content (AvgIpc) is 2.09. The third-order valence-electron chi connectivity index (χ3n) is 2.62. The van der Waals surface area contributed by atoms with E-state index in [1.54, 1.807) is 0 Å². The summed E-state index contributed by atoms with van der Waals surface area (Å²) >= 11 is 0. The van der Waals surface area contributed by atoms with E-state index in [0.717, 1.165) is 19.4 Å². The molecule has 15 heavy (non-hydrogen) atoms. The van der Waals surface area contributed by atoms with E-state index in [1.807, 2.05) is 6.92 Å². The van der Waals surface area contributed by atoms with Crippen molar-refractivity contribution in [2.75, 3.05) is 13.1 Å². The Balaban J connectivity index is 0. The molecule has 0 saturated heterocycles. The molecular weight excluding hydrogens is 212 g/mol. The van der Waals surface area contributed by atoms with Gasteiger partial charge < -0.3 is 11.1 Å². The summed E-state index contributed by atoms with van der Waals surface area (Å²) in [6, 6.07) is 0. The van der Waals surface area contributed by atoms with Crippen LogP contribution in [0.5, 0.6) is 0 Å². The molecule has 3 N–H and O–H groups in total. The van der Waals surface area contributed by atoms with Gasteiger partial charge in [-0.3, -0.25) is 4.79 Å². The fourth-order valence-corrected chi connectivity index (χ4v) is 1.03. The van der Waals surface area contributed by atoms with Gasteiger partial charge in [0.15, 0.2) is 0 Å². The van der Waals surface area contributed by atoms with E-state index in [9.17, 15) is 4.79 Å². The van der Waals surface area contributed by atoms with Crippen molar-refractivity contribution >= 4 is 18.3 Å². The molecule has 4 heteroatoms. The minimum atomic E-state index is 0. The van der Waals surface area contributed by atoms with Crippen LogP contribution in [0.1, 0.15) is 40.5 Å². The van der Waals surface area contributed by atoms with Crippen molar-refractivity contribution in [1.29, 1.82) is 0 Å². The Labute approximate surface area is 99.6 Å². The molecule has 1 unspecified atom stereocenters. The summed E-state index contributed by atoms with van der Waals surface area (Å²) in [6.45, 7) is 9.66. The number of amides is 1. The summed E-state index contributed by atoms with van der Waals surface area (Å²) in [4.78, 5) is 11.6. The van der Waals surface area contributed by atoms with Gasteiger partial charge in [-0.15, -0.1) is 12.4 Å². The van der Waals surface area contributed by atoms with E-state index in [-0.39, 0.29) is 29.6 Å². The molecule has 92 valence electrons. The van der Waals surface area contributed by atoms with Crippen molar-refractivity contribution in [1.82, 2.24) is 5.32 Å². The van der Waals surface area contributed by atoms with E-state index >= 15 is 0 Å². The van der Waals surface area contributed by atoms with Gasteiger partial charge in [0.25, 0.3) is 0 Å². The Hall–Kier alpha value is -0.280. The summed E-state index contributed by atoms with van der Waals surface area (Å²) in [7, 11) is 0. The van der Waals surface area contributed by atoms with Crippen molar-refractivity contribution in [2.45, 2.75) is 40.5 Å². The first kappa shape index (κ1) is 17.1. The van der Waals surface area contributed by atoms with Gasteiger partial charge in [-0.1, -0.05) is 27.7 Å². The summed E-state index contributed by atoms with van der Waals surface area (Å²) in [5.41, 5.74) is 5.40. The molecule has 0 spiro atoms. The van der Waals surface area contributed by atoms with Crippen molar-refractivity contribution in [2.24, 2.45) is 17.1 Å². The topological polar surface area (TPSA) is 55.1 Å². The van der Waals surface area contributed by atoms with Crippen LogP contribution in [-0.2, 0) is 4.79 Å². The first-order valence-corrected chi connectivity index (χ1v) is 5.37. The molecule has 1 atom stereocenters. The summed E-state index contributed by atoms with van der Waals surface area (Å²) < 4.78 is 0. The van der Waals surface area contributed by atoms with Gasteiger partial charge in [0, 0.05) is 12.5 Å². The molecule has 0 fully saturated rings. The van der Waals surface area contributed by atoms with Crippen molar-refractivity contribution in [3.8, 4) is 0 Å². The number of rotatable bonds is 5. The largest absolute Gasteiger partial charge is 0.356 e. The molecular formula is C11H25ClN2O. The number of nitrogens with two attached hydrogens (primary N) is 1. The predicted molar refractivity (Wildman–Crippen MR) is 67.2 cm³/mol. The maximum atomic E-state index is 11.6. The zero-order chi connectivity index (χ0) is 11.2. The summed E-state index contributed by atoms with van der Waals surface area (Å²) in [6.07, 6.45) is 1.95. The van der Waals surface area contributed by atoms with Crippen LogP contribution in [0.15, 0.2) is 0 Å². The van der Waals surface area contributed by atoms with Gasteiger partial charge in [-0.25, -0.2) is 0 Å². The fourth-order valence-electron chi connectivity index (χ4n) is 1.03.